The molecule has 3 aromatic rings. The number of fused-ring (bicyclic) bond motifs is 1. The van der Waals surface area contributed by atoms with Crippen LogP contribution in [0.5, 0.6) is 0 Å². The van der Waals surface area contributed by atoms with Crippen molar-refractivity contribution in [1.82, 2.24) is 10.2 Å². The summed E-state index contributed by atoms with van der Waals surface area (Å²) < 4.78 is 31.2. The summed E-state index contributed by atoms with van der Waals surface area (Å²) in [6.45, 7) is 1.67. The highest BCUT2D eigenvalue weighted by molar-refractivity contribution is 7.94. The van der Waals surface area contributed by atoms with Gasteiger partial charge in [0.15, 0.2) is 0 Å². The van der Waals surface area contributed by atoms with E-state index >= 15 is 0 Å². The van der Waals surface area contributed by atoms with Gasteiger partial charge < -0.3 is 15.1 Å². The van der Waals surface area contributed by atoms with Gasteiger partial charge >= 0.3 is 0 Å². The van der Waals surface area contributed by atoms with Crippen LogP contribution in [0.1, 0.15) is 24.3 Å². The molecule has 1 atom stereocenters. The van der Waals surface area contributed by atoms with Gasteiger partial charge in [0.05, 0.1) is 28.6 Å². The highest BCUT2D eigenvalue weighted by Gasteiger charge is 2.31. The molecule has 9 nitrogen and oxygen atoms in total. The topological polar surface area (TPSA) is 143 Å². The fourth-order valence-corrected chi connectivity index (χ4v) is 4.57. The van der Waals surface area contributed by atoms with Gasteiger partial charge in [0.25, 0.3) is 5.91 Å². The number of nitrogens with two attached hydrogens (primary N) is 1. The Morgan fingerprint density at radius 3 is 2.62 bits per heavy atom. The maximum atomic E-state index is 13.0. The summed E-state index contributed by atoms with van der Waals surface area (Å²) in [4.78, 5) is 14.2. The van der Waals surface area contributed by atoms with Crippen molar-refractivity contribution in [3.8, 4) is 17.5 Å². The van der Waals surface area contributed by atoms with Gasteiger partial charge in [-0.15, -0.1) is 10.2 Å². The SMILES string of the molecule is CC(C#N)c1nnc(-c2ccc3c(c2)N(Cc2ccc(Cl)cc2)C(=O)C(N)=CS3(=O)=O)o1. The van der Waals surface area contributed by atoms with Gasteiger partial charge in [-0.1, -0.05) is 23.7 Å². The van der Waals surface area contributed by atoms with Crippen molar-refractivity contribution in [1.29, 1.82) is 5.26 Å². The molecule has 1 unspecified atom stereocenters. The number of carbonyl (C=O) groups is 1. The molecular weight excluding hydrogens is 454 g/mol. The number of halogens is 1. The largest absolute Gasteiger partial charge is 0.419 e. The highest BCUT2D eigenvalue weighted by Crippen LogP contribution is 2.36. The van der Waals surface area contributed by atoms with Gasteiger partial charge in [-0.2, -0.15) is 5.26 Å². The number of rotatable bonds is 4. The van der Waals surface area contributed by atoms with E-state index < -0.39 is 27.4 Å². The average molecular weight is 470 g/mol. The van der Waals surface area contributed by atoms with Crippen LogP contribution in [-0.4, -0.2) is 24.5 Å². The average Bonchev–Trinajstić information content (AvgIpc) is 3.25. The predicted molar refractivity (Wildman–Crippen MR) is 116 cm³/mol. The fourth-order valence-electron chi connectivity index (χ4n) is 3.16. The third-order valence-electron chi connectivity index (χ3n) is 4.84. The first-order chi connectivity index (χ1) is 15.2. The Bertz CT molecular complexity index is 1390. The standard InChI is InChI=1S/C21H16ClN5O4S/c1-12(9-23)19-25-26-20(31-19)14-4-7-18-17(8-14)27(10-13-2-5-15(22)6-3-13)21(28)16(24)11-32(18,29)30/h2-8,11-12H,10,24H2,1H3. The molecule has 11 heteroatoms. The molecule has 0 radical (unpaired) electrons. The Labute approximate surface area is 188 Å². The van der Waals surface area contributed by atoms with Gasteiger partial charge in [-0.3, -0.25) is 4.79 Å². The predicted octanol–water partition coefficient (Wildman–Crippen LogP) is 3.14. The second kappa shape index (κ2) is 8.11. The Morgan fingerprint density at radius 1 is 1.22 bits per heavy atom. The lowest BCUT2D eigenvalue weighted by Gasteiger charge is -2.23. The van der Waals surface area contributed by atoms with Crippen LogP contribution in [0.4, 0.5) is 5.69 Å². The van der Waals surface area contributed by atoms with Crippen LogP contribution in [0, 0.1) is 11.3 Å². The molecule has 0 fully saturated rings. The number of benzene rings is 2. The summed E-state index contributed by atoms with van der Waals surface area (Å²) in [5.74, 6) is -1.05. The van der Waals surface area contributed by atoms with Crippen LogP contribution in [0.3, 0.4) is 0 Å². The van der Waals surface area contributed by atoms with E-state index in [0.29, 0.717) is 16.1 Å². The van der Waals surface area contributed by atoms with E-state index in [1.165, 1.54) is 23.1 Å². The Hall–Kier alpha value is -3.68. The van der Waals surface area contributed by atoms with Crippen molar-refractivity contribution in [2.75, 3.05) is 4.90 Å². The molecule has 1 aliphatic rings. The molecule has 0 bridgehead atoms. The highest BCUT2D eigenvalue weighted by atomic mass is 35.5. The molecule has 2 N–H and O–H groups in total. The smallest absolute Gasteiger partial charge is 0.275 e. The van der Waals surface area contributed by atoms with E-state index in [0.717, 1.165) is 5.41 Å². The number of nitrogens with zero attached hydrogens (tertiary/aromatic N) is 4. The number of sulfone groups is 1. The molecule has 1 aliphatic heterocycles. The Kier molecular flexibility index (Phi) is 5.46. The fraction of sp³-hybridized carbons (Fsp3) is 0.143. The molecule has 0 spiro atoms. The lowest BCUT2D eigenvalue weighted by atomic mass is 10.1. The first-order valence-corrected chi connectivity index (χ1v) is 11.3. The summed E-state index contributed by atoms with van der Waals surface area (Å²) in [7, 11) is -3.98. The van der Waals surface area contributed by atoms with Crippen molar-refractivity contribution in [2.24, 2.45) is 5.73 Å². The number of anilines is 1. The third-order valence-corrected chi connectivity index (χ3v) is 6.61. The van der Waals surface area contributed by atoms with E-state index in [2.05, 4.69) is 10.2 Å². The van der Waals surface area contributed by atoms with E-state index in [4.69, 9.17) is 27.0 Å². The van der Waals surface area contributed by atoms with E-state index in [1.54, 1.807) is 31.2 Å². The van der Waals surface area contributed by atoms with E-state index in [9.17, 15) is 13.2 Å². The van der Waals surface area contributed by atoms with Crippen molar-refractivity contribution < 1.29 is 17.6 Å². The van der Waals surface area contributed by atoms with Gasteiger partial charge in [-0.05, 0) is 42.8 Å². The minimum atomic E-state index is -3.98. The monoisotopic (exact) mass is 469 g/mol. The molecule has 32 heavy (non-hydrogen) atoms. The third kappa shape index (κ3) is 3.95. The zero-order valence-corrected chi connectivity index (χ0v) is 18.3. The van der Waals surface area contributed by atoms with Gasteiger partial charge in [0.1, 0.15) is 11.6 Å². The van der Waals surface area contributed by atoms with Crippen LogP contribution in [0.15, 0.2) is 62.9 Å². The first-order valence-electron chi connectivity index (χ1n) is 9.35. The van der Waals surface area contributed by atoms with Gasteiger partial charge in [0, 0.05) is 10.6 Å². The Morgan fingerprint density at radius 2 is 1.94 bits per heavy atom. The van der Waals surface area contributed by atoms with Crippen molar-refractivity contribution in [2.45, 2.75) is 24.3 Å². The molecule has 162 valence electrons. The number of hydrogen-bond donors (Lipinski definition) is 1. The van der Waals surface area contributed by atoms with Crippen molar-refractivity contribution in [3.63, 3.8) is 0 Å². The minimum absolute atomic E-state index is 0.0526. The van der Waals surface area contributed by atoms with Crippen LogP contribution >= 0.6 is 11.6 Å². The zero-order valence-electron chi connectivity index (χ0n) is 16.7. The summed E-state index contributed by atoms with van der Waals surface area (Å²) >= 11 is 5.94. The van der Waals surface area contributed by atoms with Crippen LogP contribution < -0.4 is 10.6 Å². The maximum Gasteiger partial charge on any atom is 0.275 e. The molecule has 0 aliphatic carbocycles. The molecule has 2 heterocycles. The summed E-state index contributed by atoms with van der Waals surface area (Å²) in [5.41, 5.74) is 6.62. The van der Waals surface area contributed by atoms with Crippen LogP contribution in [-0.2, 0) is 21.2 Å². The first kappa shape index (κ1) is 21.5. The second-order valence-corrected chi connectivity index (χ2v) is 9.32. The molecule has 1 amide bonds. The quantitative estimate of drug-likeness (QED) is 0.613. The second-order valence-electron chi connectivity index (χ2n) is 7.11. The van der Waals surface area contributed by atoms with Gasteiger partial charge in [-0.25, -0.2) is 8.42 Å². The number of carbonyl (C=O) groups excluding carboxylic acids is 1. The van der Waals surface area contributed by atoms with Crippen molar-refractivity contribution in [3.05, 3.63) is 70.0 Å². The molecule has 0 saturated heterocycles. The molecular formula is C21H16ClN5O4S. The Balaban J connectivity index is 1.85. The lowest BCUT2D eigenvalue weighted by molar-refractivity contribution is -0.115. The number of hydrogen-bond acceptors (Lipinski definition) is 8. The van der Waals surface area contributed by atoms with Crippen LogP contribution in [0.25, 0.3) is 11.5 Å². The number of nitriles is 1. The van der Waals surface area contributed by atoms with Gasteiger partial charge in [0.2, 0.25) is 21.6 Å². The molecule has 2 aromatic carbocycles. The zero-order chi connectivity index (χ0) is 23.0. The maximum absolute atomic E-state index is 13.0. The number of amides is 1. The molecule has 1 aromatic heterocycles. The van der Waals surface area contributed by atoms with Crippen LogP contribution in [0.2, 0.25) is 5.02 Å². The summed E-state index contributed by atoms with van der Waals surface area (Å²) in [6.07, 6.45) is 0. The lowest BCUT2D eigenvalue weighted by Crippen LogP contribution is -2.33. The number of aromatic nitrogens is 2. The summed E-state index contributed by atoms with van der Waals surface area (Å²) in [6, 6.07) is 13.1. The van der Waals surface area contributed by atoms with E-state index in [-0.39, 0.29) is 28.9 Å². The minimum Gasteiger partial charge on any atom is -0.419 e. The molecule has 0 saturated carbocycles. The molecule has 4 rings (SSSR count). The normalized spacial score (nSPS) is 16.0. The van der Waals surface area contributed by atoms with E-state index in [1.807, 2.05) is 6.07 Å². The van der Waals surface area contributed by atoms with Crippen molar-refractivity contribution >= 4 is 33.0 Å². The summed E-state index contributed by atoms with van der Waals surface area (Å²) in [5, 5.41) is 18.1.